The van der Waals surface area contributed by atoms with Gasteiger partial charge in [0.25, 0.3) is 5.91 Å². The average molecular weight is 268 g/mol. The highest BCUT2D eigenvalue weighted by atomic mass is 16.3. The third-order valence-electron chi connectivity index (χ3n) is 2.79. The molecule has 3 aromatic rings. The monoisotopic (exact) mass is 268 g/mol. The van der Waals surface area contributed by atoms with Gasteiger partial charge in [0.05, 0.1) is 6.26 Å². The smallest absolute Gasteiger partial charge is 0.277 e. The van der Waals surface area contributed by atoms with Crippen LogP contribution in [0.2, 0.25) is 0 Å². The summed E-state index contributed by atoms with van der Waals surface area (Å²) in [7, 11) is 1.76. The molecule has 1 N–H and O–H groups in total. The lowest BCUT2D eigenvalue weighted by Gasteiger charge is -2.00. The Morgan fingerprint density at radius 3 is 2.90 bits per heavy atom. The highest BCUT2D eigenvalue weighted by Crippen LogP contribution is 2.20. The molecule has 0 saturated heterocycles. The van der Waals surface area contributed by atoms with E-state index in [1.54, 1.807) is 54.5 Å². The maximum atomic E-state index is 12.1. The number of hydrogen-bond donors (Lipinski definition) is 1. The van der Waals surface area contributed by atoms with Gasteiger partial charge in [-0.15, -0.1) is 0 Å². The topological polar surface area (TPSA) is 73.0 Å². The molecule has 0 aliphatic carbocycles. The lowest BCUT2D eigenvalue weighted by Crippen LogP contribution is -2.13. The molecule has 0 aliphatic rings. The van der Waals surface area contributed by atoms with Crippen LogP contribution in [0, 0.1) is 0 Å². The van der Waals surface area contributed by atoms with Gasteiger partial charge in [0.15, 0.2) is 11.5 Å². The van der Waals surface area contributed by atoms with Crippen LogP contribution in [-0.2, 0) is 7.05 Å². The van der Waals surface area contributed by atoms with Crippen LogP contribution in [0.5, 0.6) is 0 Å². The first-order valence-electron chi connectivity index (χ1n) is 6.04. The fraction of sp³-hybridized carbons (Fsp3) is 0.0714. The first-order valence-corrected chi connectivity index (χ1v) is 6.04. The quantitative estimate of drug-likeness (QED) is 0.791. The van der Waals surface area contributed by atoms with E-state index in [-0.39, 0.29) is 5.91 Å². The zero-order valence-electron chi connectivity index (χ0n) is 10.8. The van der Waals surface area contributed by atoms with E-state index in [0.717, 1.165) is 5.69 Å². The summed E-state index contributed by atoms with van der Waals surface area (Å²) in [5.74, 6) is 0.844. The second kappa shape index (κ2) is 5.00. The standard InChI is InChI=1S/C14H12N4O2/c1-18-11(12-5-4-8-20-12)9-10(17-18)14(19)16-13-6-2-3-7-15-13/h2-9H,1H3,(H,15,16,19). The number of hydrogen-bond acceptors (Lipinski definition) is 4. The van der Waals surface area contributed by atoms with Gasteiger partial charge in [0.1, 0.15) is 11.5 Å². The fourth-order valence-electron chi connectivity index (χ4n) is 1.85. The van der Waals surface area contributed by atoms with Gasteiger partial charge in [0, 0.05) is 19.3 Å². The lowest BCUT2D eigenvalue weighted by molar-refractivity contribution is 0.102. The summed E-state index contributed by atoms with van der Waals surface area (Å²) < 4.78 is 6.91. The van der Waals surface area contributed by atoms with E-state index in [1.807, 2.05) is 6.07 Å². The van der Waals surface area contributed by atoms with E-state index >= 15 is 0 Å². The van der Waals surface area contributed by atoms with Crippen LogP contribution in [0.1, 0.15) is 10.5 Å². The molecule has 3 rings (SSSR count). The van der Waals surface area contributed by atoms with Crippen molar-refractivity contribution in [1.82, 2.24) is 14.8 Å². The van der Waals surface area contributed by atoms with E-state index in [1.165, 1.54) is 0 Å². The molecule has 3 heterocycles. The van der Waals surface area contributed by atoms with Crippen molar-refractivity contribution in [3.05, 3.63) is 54.6 Å². The van der Waals surface area contributed by atoms with Crippen molar-refractivity contribution >= 4 is 11.7 Å². The summed E-state index contributed by atoms with van der Waals surface area (Å²) in [6, 6.07) is 10.6. The largest absolute Gasteiger partial charge is 0.463 e. The number of carbonyl (C=O) groups excluding carboxylic acids is 1. The molecule has 0 bridgehead atoms. The summed E-state index contributed by atoms with van der Waals surface area (Å²) in [4.78, 5) is 16.1. The zero-order valence-corrected chi connectivity index (χ0v) is 10.8. The Morgan fingerprint density at radius 1 is 1.30 bits per heavy atom. The molecule has 0 saturated carbocycles. The molecule has 20 heavy (non-hydrogen) atoms. The number of aromatic nitrogens is 3. The minimum absolute atomic E-state index is 0.308. The van der Waals surface area contributed by atoms with Gasteiger partial charge >= 0.3 is 0 Å². The number of nitrogens with one attached hydrogen (secondary N) is 1. The molecule has 0 atom stereocenters. The molecular weight excluding hydrogens is 256 g/mol. The Labute approximate surface area is 115 Å². The van der Waals surface area contributed by atoms with Crippen LogP contribution in [0.15, 0.2) is 53.3 Å². The molecule has 0 aliphatic heterocycles. The molecule has 0 radical (unpaired) electrons. The molecule has 0 unspecified atom stereocenters. The molecule has 0 fully saturated rings. The van der Waals surface area contributed by atoms with E-state index in [2.05, 4.69) is 15.4 Å². The number of pyridine rings is 1. The number of nitrogens with zero attached hydrogens (tertiary/aromatic N) is 3. The highest BCUT2D eigenvalue weighted by Gasteiger charge is 2.15. The second-order valence-electron chi connectivity index (χ2n) is 4.18. The van der Waals surface area contributed by atoms with Crippen molar-refractivity contribution in [2.45, 2.75) is 0 Å². The normalized spacial score (nSPS) is 10.4. The van der Waals surface area contributed by atoms with E-state index < -0.39 is 0 Å². The Balaban J connectivity index is 1.84. The number of anilines is 1. The van der Waals surface area contributed by atoms with Crippen LogP contribution >= 0.6 is 0 Å². The Bertz CT molecular complexity index is 717. The summed E-state index contributed by atoms with van der Waals surface area (Å²) in [6.07, 6.45) is 3.19. The van der Waals surface area contributed by atoms with Crippen LogP contribution in [0.3, 0.4) is 0 Å². The predicted octanol–water partition coefficient (Wildman–Crippen LogP) is 2.33. The summed E-state index contributed by atoms with van der Waals surface area (Å²) in [5, 5.41) is 6.87. The third-order valence-corrected chi connectivity index (χ3v) is 2.79. The van der Waals surface area contributed by atoms with Crippen LogP contribution in [0.25, 0.3) is 11.5 Å². The number of aryl methyl sites for hydroxylation is 1. The van der Waals surface area contributed by atoms with Crippen molar-refractivity contribution in [1.29, 1.82) is 0 Å². The third kappa shape index (κ3) is 2.31. The summed E-state index contributed by atoms with van der Waals surface area (Å²) >= 11 is 0. The van der Waals surface area contributed by atoms with Crippen molar-refractivity contribution in [2.24, 2.45) is 7.05 Å². The van der Waals surface area contributed by atoms with Crippen LogP contribution < -0.4 is 5.32 Å². The van der Waals surface area contributed by atoms with E-state index in [0.29, 0.717) is 17.3 Å². The zero-order chi connectivity index (χ0) is 13.9. The number of carbonyl (C=O) groups is 1. The van der Waals surface area contributed by atoms with Crippen molar-refractivity contribution in [2.75, 3.05) is 5.32 Å². The molecule has 0 spiro atoms. The van der Waals surface area contributed by atoms with E-state index in [9.17, 15) is 4.79 Å². The number of amides is 1. The van der Waals surface area contributed by atoms with Gasteiger partial charge in [-0.1, -0.05) is 6.07 Å². The molecule has 6 heteroatoms. The van der Waals surface area contributed by atoms with Crippen LogP contribution in [0.4, 0.5) is 5.82 Å². The lowest BCUT2D eigenvalue weighted by atomic mass is 10.3. The van der Waals surface area contributed by atoms with Crippen LogP contribution in [-0.4, -0.2) is 20.7 Å². The maximum Gasteiger partial charge on any atom is 0.277 e. The van der Waals surface area contributed by atoms with Gasteiger partial charge in [-0.2, -0.15) is 5.10 Å². The van der Waals surface area contributed by atoms with E-state index in [4.69, 9.17) is 4.42 Å². The van der Waals surface area contributed by atoms with Crippen molar-refractivity contribution < 1.29 is 9.21 Å². The summed E-state index contributed by atoms with van der Waals surface area (Å²) in [5.41, 5.74) is 1.05. The van der Waals surface area contributed by atoms with Gasteiger partial charge in [0.2, 0.25) is 0 Å². The molecule has 3 aromatic heterocycles. The molecular formula is C14H12N4O2. The number of rotatable bonds is 3. The van der Waals surface area contributed by atoms with Gasteiger partial charge in [-0.3, -0.25) is 9.48 Å². The first-order chi connectivity index (χ1) is 9.74. The SMILES string of the molecule is Cn1nc(C(=O)Nc2ccccn2)cc1-c1ccco1. The Morgan fingerprint density at radius 2 is 2.20 bits per heavy atom. The molecule has 6 nitrogen and oxygen atoms in total. The maximum absolute atomic E-state index is 12.1. The molecule has 1 amide bonds. The fourth-order valence-corrected chi connectivity index (χ4v) is 1.85. The van der Waals surface area contributed by atoms with Gasteiger partial charge in [-0.25, -0.2) is 4.98 Å². The first kappa shape index (κ1) is 12.2. The average Bonchev–Trinajstić information content (AvgIpc) is 3.08. The highest BCUT2D eigenvalue weighted by molar-refractivity contribution is 6.02. The van der Waals surface area contributed by atoms with Gasteiger partial charge in [-0.05, 0) is 24.3 Å². The Hall–Kier alpha value is -2.89. The molecule has 100 valence electrons. The minimum Gasteiger partial charge on any atom is -0.463 e. The Kier molecular flexibility index (Phi) is 3.04. The second-order valence-corrected chi connectivity index (χ2v) is 4.18. The number of furan rings is 1. The minimum atomic E-state index is -0.308. The van der Waals surface area contributed by atoms with Crippen molar-refractivity contribution in [3.63, 3.8) is 0 Å². The molecule has 0 aromatic carbocycles. The predicted molar refractivity (Wildman–Crippen MR) is 73.1 cm³/mol. The van der Waals surface area contributed by atoms with Gasteiger partial charge < -0.3 is 9.73 Å². The summed E-state index contributed by atoms with van der Waals surface area (Å²) in [6.45, 7) is 0. The van der Waals surface area contributed by atoms with Crippen molar-refractivity contribution in [3.8, 4) is 11.5 Å².